The number of nitrogens with zero attached hydrogens (tertiary/aromatic N) is 2. The molecule has 4 rings (SSSR count). The molecule has 7 nitrogen and oxygen atoms in total. The number of aliphatic hydroxyl groups excluding tert-OH is 1. The van der Waals surface area contributed by atoms with E-state index in [4.69, 9.17) is 9.47 Å². The van der Waals surface area contributed by atoms with Crippen molar-refractivity contribution < 1.29 is 24.2 Å². The van der Waals surface area contributed by atoms with E-state index in [2.05, 4.69) is 6.07 Å². The minimum atomic E-state index is -0.936. The van der Waals surface area contributed by atoms with E-state index in [1.54, 1.807) is 54.6 Å². The molecule has 1 atom stereocenters. The number of anilines is 1. The van der Waals surface area contributed by atoms with Gasteiger partial charge in [-0.15, -0.1) is 0 Å². The molecule has 1 fully saturated rings. The number of ketones is 1. The van der Waals surface area contributed by atoms with Gasteiger partial charge in [-0.1, -0.05) is 18.2 Å². The van der Waals surface area contributed by atoms with Crippen LogP contribution in [0.1, 0.15) is 47.7 Å². The Hall–Kier alpha value is -4.57. The Morgan fingerprint density at radius 3 is 2.38 bits per heavy atom. The largest absolute Gasteiger partial charge is 0.507 e. The van der Waals surface area contributed by atoms with Crippen LogP contribution < -0.4 is 14.4 Å². The molecule has 1 unspecified atom stereocenters. The van der Waals surface area contributed by atoms with E-state index in [1.807, 2.05) is 33.8 Å². The lowest BCUT2D eigenvalue weighted by Gasteiger charge is -2.26. The number of carbonyl (C=O) groups excluding carboxylic acids is 2. The molecule has 1 saturated heterocycles. The van der Waals surface area contributed by atoms with Gasteiger partial charge in [-0.05, 0) is 86.8 Å². The topological polar surface area (TPSA) is 99.9 Å². The molecule has 1 amide bonds. The quantitative estimate of drug-likeness (QED) is 0.271. The van der Waals surface area contributed by atoms with Crippen molar-refractivity contribution in [3.05, 3.63) is 94.1 Å². The van der Waals surface area contributed by atoms with Crippen LogP contribution in [0.3, 0.4) is 0 Å². The number of nitriles is 1. The summed E-state index contributed by atoms with van der Waals surface area (Å²) < 4.78 is 11.4. The number of aryl methyl sites for hydroxylation is 2. The van der Waals surface area contributed by atoms with E-state index in [1.165, 1.54) is 12.0 Å². The highest BCUT2D eigenvalue weighted by Crippen LogP contribution is 2.44. The van der Waals surface area contributed by atoms with Crippen molar-refractivity contribution >= 4 is 23.1 Å². The Balaban J connectivity index is 1.99. The van der Waals surface area contributed by atoms with E-state index in [9.17, 15) is 20.0 Å². The van der Waals surface area contributed by atoms with E-state index in [-0.39, 0.29) is 17.4 Å². The zero-order valence-corrected chi connectivity index (χ0v) is 21.4. The highest BCUT2D eigenvalue weighted by molar-refractivity contribution is 6.51. The minimum Gasteiger partial charge on any atom is -0.507 e. The average molecular weight is 497 g/mol. The van der Waals surface area contributed by atoms with Crippen LogP contribution in [-0.2, 0) is 9.59 Å². The lowest BCUT2D eigenvalue weighted by molar-refractivity contribution is -0.132. The van der Waals surface area contributed by atoms with Gasteiger partial charge in [0.1, 0.15) is 17.3 Å². The molecule has 0 aromatic heterocycles. The third-order valence-electron chi connectivity index (χ3n) is 6.14. The molecule has 0 spiro atoms. The summed E-state index contributed by atoms with van der Waals surface area (Å²) in [6.07, 6.45) is -0.0836. The number of rotatable bonds is 6. The van der Waals surface area contributed by atoms with Gasteiger partial charge in [-0.2, -0.15) is 5.26 Å². The summed E-state index contributed by atoms with van der Waals surface area (Å²) in [6, 6.07) is 18.3. The van der Waals surface area contributed by atoms with E-state index in [0.717, 1.165) is 11.1 Å². The number of aliphatic hydroxyl groups is 1. The predicted octanol–water partition coefficient (Wildman–Crippen LogP) is 5.60. The third kappa shape index (κ3) is 4.78. The Bertz CT molecular complexity index is 1450. The summed E-state index contributed by atoms with van der Waals surface area (Å²) in [6.45, 7) is 7.54. The first-order valence-electron chi connectivity index (χ1n) is 11.9. The molecular formula is C30H28N2O5. The second-order valence-electron chi connectivity index (χ2n) is 9.23. The molecule has 3 aromatic carbocycles. The second-order valence-corrected chi connectivity index (χ2v) is 9.23. The second kappa shape index (κ2) is 10.2. The number of Topliss-reactive ketones (excluding diaryl/α,β-unsaturated/α-hetero) is 1. The van der Waals surface area contributed by atoms with Gasteiger partial charge in [0.2, 0.25) is 0 Å². The van der Waals surface area contributed by atoms with Crippen LogP contribution in [0.4, 0.5) is 5.69 Å². The van der Waals surface area contributed by atoms with Crippen molar-refractivity contribution in [3.63, 3.8) is 0 Å². The number of benzene rings is 3. The molecule has 1 N–H and O–H groups in total. The highest BCUT2D eigenvalue weighted by atomic mass is 16.5. The summed E-state index contributed by atoms with van der Waals surface area (Å²) in [5, 5.41) is 20.8. The predicted molar refractivity (Wildman–Crippen MR) is 141 cm³/mol. The normalized spacial score (nSPS) is 16.7. The molecule has 1 aliphatic rings. The van der Waals surface area contributed by atoms with Gasteiger partial charge in [-0.25, -0.2) is 0 Å². The molecule has 1 heterocycles. The SMILES string of the molecule is COc1c(C)cc(C)cc1/C(O)=C1\C(=O)C(=O)N(c2ccc(C#N)cc2)C1c1cccc(OC(C)C)c1. The third-order valence-corrected chi connectivity index (χ3v) is 6.14. The Morgan fingerprint density at radius 1 is 1.05 bits per heavy atom. The van der Waals surface area contributed by atoms with Gasteiger partial charge in [0.15, 0.2) is 0 Å². The Morgan fingerprint density at radius 2 is 1.76 bits per heavy atom. The first-order valence-corrected chi connectivity index (χ1v) is 11.9. The number of amides is 1. The Kier molecular flexibility index (Phi) is 7.03. The molecule has 7 heteroatoms. The zero-order chi connectivity index (χ0) is 26.9. The zero-order valence-electron chi connectivity index (χ0n) is 21.4. The van der Waals surface area contributed by atoms with Crippen molar-refractivity contribution in [2.75, 3.05) is 12.0 Å². The van der Waals surface area contributed by atoms with Crippen molar-refractivity contribution in [3.8, 4) is 17.6 Å². The van der Waals surface area contributed by atoms with Crippen LogP contribution in [0, 0.1) is 25.2 Å². The summed E-state index contributed by atoms with van der Waals surface area (Å²) in [4.78, 5) is 28.3. The number of methoxy groups -OCH3 is 1. The molecule has 1 aliphatic heterocycles. The fraction of sp³-hybridized carbons (Fsp3) is 0.233. The molecule has 0 radical (unpaired) electrons. The Labute approximate surface area is 216 Å². The molecule has 188 valence electrons. The first kappa shape index (κ1) is 25.5. The number of hydrogen-bond donors (Lipinski definition) is 1. The van der Waals surface area contributed by atoms with Gasteiger partial charge in [0.25, 0.3) is 11.7 Å². The molecule has 3 aromatic rings. The number of carbonyl (C=O) groups is 2. The average Bonchev–Trinajstić information content (AvgIpc) is 3.13. The molecule has 37 heavy (non-hydrogen) atoms. The van der Waals surface area contributed by atoms with Crippen LogP contribution >= 0.6 is 0 Å². The summed E-state index contributed by atoms with van der Waals surface area (Å²) in [5.74, 6) is -0.929. The van der Waals surface area contributed by atoms with Gasteiger partial charge >= 0.3 is 0 Å². The maximum absolute atomic E-state index is 13.5. The number of ether oxygens (including phenoxy) is 2. The van der Waals surface area contributed by atoms with Gasteiger partial charge in [0.05, 0.1) is 42.0 Å². The maximum Gasteiger partial charge on any atom is 0.300 e. The van der Waals surface area contributed by atoms with Gasteiger partial charge < -0.3 is 14.6 Å². The molecule has 0 bridgehead atoms. The van der Waals surface area contributed by atoms with E-state index >= 15 is 0 Å². The van der Waals surface area contributed by atoms with Crippen molar-refractivity contribution in [1.29, 1.82) is 5.26 Å². The van der Waals surface area contributed by atoms with Crippen LogP contribution in [0.5, 0.6) is 11.5 Å². The molecule has 0 aliphatic carbocycles. The fourth-order valence-electron chi connectivity index (χ4n) is 4.69. The highest BCUT2D eigenvalue weighted by Gasteiger charge is 2.47. The lowest BCUT2D eigenvalue weighted by atomic mass is 9.93. The van der Waals surface area contributed by atoms with Gasteiger partial charge in [-0.3, -0.25) is 14.5 Å². The summed E-state index contributed by atoms with van der Waals surface area (Å²) >= 11 is 0. The summed E-state index contributed by atoms with van der Waals surface area (Å²) in [5.41, 5.74) is 3.36. The van der Waals surface area contributed by atoms with Crippen LogP contribution in [0.2, 0.25) is 0 Å². The summed E-state index contributed by atoms with van der Waals surface area (Å²) in [7, 11) is 1.49. The lowest BCUT2D eigenvalue weighted by Crippen LogP contribution is -2.29. The standard InChI is InChI=1S/C30H28N2O5/c1-17(2)37-23-8-6-7-21(15-23)26-25(27(33)24-14-18(3)13-19(4)29(24)36-5)28(34)30(35)32(26)22-11-9-20(16-31)10-12-22/h6-15,17,26,33H,1-5H3/b27-25+. The molecular weight excluding hydrogens is 468 g/mol. The first-order chi connectivity index (χ1) is 17.7. The molecule has 0 saturated carbocycles. The van der Waals surface area contributed by atoms with E-state index < -0.39 is 17.7 Å². The van der Waals surface area contributed by atoms with Crippen molar-refractivity contribution in [2.45, 2.75) is 39.8 Å². The monoisotopic (exact) mass is 496 g/mol. The van der Waals surface area contributed by atoms with Crippen molar-refractivity contribution in [1.82, 2.24) is 0 Å². The van der Waals surface area contributed by atoms with Crippen LogP contribution in [0.15, 0.2) is 66.2 Å². The van der Waals surface area contributed by atoms with Gasteiger partial charge in [0, 0.05) is 5.69 Å². The van der Waals surface area contributed by atoms with Crippen LogP contribution in [-0.4, -0.2) is 30.0 Å². The van der Waals surface area contributed by atoms with E-state index in [0.29, 0.717) is 33.9 Å². The number of hydrogen-bond acceptors (Lipinski definition) is 6. The maximum atomic E-state index is 13.5. The smallest absolute Gasteiger partial charge is 0.300 e. The fourth-order valence-corrected chi connectivity index (χ4v) is 4.69. The van der Waals surface area contributed by atoms with Crippen molar-refractivity contribution in [2.24, 2.45) is 0 Å². The van der Waals surface area contributed by atoms with Crippen LogP contribution in [0.25, 0.3) is 5.76 Å². The minimum absolute atomic E-state index is 0.0562.